The third-order valence-corrected chi connectivity index (χ3v) is 3.70. The molecule has 1 N–H and O–H groups in total. The van der Waals surface area contributed by atoms with Gasteiger partial charge in [-0.25, -0.2) is 0 Å². The number of nitrogens with zero attached hydrogens (tertiary/aromatic N) is 3. The van der Waals surface area contributed by atoms with Gasteiger partial charge >= 0.3 is 0 Å². The lowest BCUT2D eigenvalue weighted by Gasteiger charge is -2.17. The fourth-order valence-corrected chi connectivity index (χ4v) is 2.41. The van der Waals surface area contributed by atoms with Crippen molar-refractivity contribution in [2.75, 3.05) is 39.5 Å². The minimum atomic E-state index is -0.0733. The van der Waals surface area contributed by atoms with E-state index in [1.165, 1.54) is 0 Å². The third kappa shape index (κ3) is 5.66. The molecule has 0 unspecified atom stereocenters. The maximum Gasteiger partial charge on any atom is 0.272 e. The van der Waals surface area contributed by atoms with Crippen LogP contribution in [0, 0.1) is 0 Å². The third-order valence-electron chi connectivity index (χ3n) is 3.70. The van der Waals surface area contributed by atoms with E-state index in [2.05, 4.69) is 29.3 Å². The van der Waals surface area contributed by atoms with Gasteiger partial charge < -0.3 is 15.1 Å². The Morgan fingerprint density at radius 3 is 2.58 bits per heavy atom. The Morgan fingerprint density at radius 2 is 1.88 bits per heavy atom. The Labute approximate surface area is 144 Å². The minimum absolute atomic E-state index is 0.0733. The molecule has 2 rings (SSSR count). The van der Waals surface area contributed by atoms with Gasteiger partial charge in [-0.2, -0.15) is 0 Å². The van der Waals surface area contributed by atoms with Crippen molar-refractivity contribution in [1.82, 2.24) is 14.8 Å². The molecule has 0 aliphatic rings. The molecule has 0 saturated carbocycles. The number of aromatic nitrogens is 1. The Morgan fingerprint density at radius 1 is 1.12 bits per heavy atom. The number of carbonyl (C=O) groups excluding carboxylic acids is 1. The molecule has 1 amide bonds. The molecule has 0 spiro atoms. The lowest BCUT2D eigenvalue weighted by Crippen LogP contribution is -2.27. The van der Waals surface area contributed by atoms with Gasteiger partial charge in [0.05, 0.1) is 0 Å². The van der Waals surface area contributed by atoms with E-state index in [4.69, 9.17) is 0 Å². The monoisotopic (exact) mass is 326 g/mol. The molecule has 0 aliphatic heterocycles. The molecule has 0 fully saturated rings. The second-order valence-electron chi connectivity index (χ2n) is 6.16. The van der Waals surface area contributed by atoms with E-state index in [-0.39, 0.29) is 5.91 Å². The van der Waals surface area contributed by atoms with Gasteiger partial charge in [0.25, 0.3) is 5.91 Å². The van der Waals surface area contributed by atoms with E-state index in [0.717, 1.165) is 30.8 Å². The van der Waals surface area contributed by atoms with Crippen LogP contribution in [0.15, 0.2) is 48.7 Å². The number of nitrogens with one attached hydrogen (secondary N) is 1. The van der Waals surface area contributed by atoms with Crippen molar-refractivity contribution in [3.63, 3.8) is 0 Å². The summed E-state index contributed by atoms with van der Waals surface area (Å²) in [6.45, 7) is 2.47. The lowest BCUT2D eigenvalue weighted by atomic mass is 10.2. The molecule has 1 heterocycles. The molecule has 24 heavy (non-hydrogen) atoms. The van der Waals surface area contributed by atoms with Crippen molar-refractivity contribution in [2.45, 2.75) is 13.0 Å². The average molecular weight is 326 g/mol. The summed E-state index contributed by atoms with van der Waals surface area (Å²) in [5, 5.41) is 3.35. The zero-order valence-electron chi connectivity index (χ0n) is 14.7. The first kappa shape index (κ1) is 17.9. The molecule has 0 bridgehead atoms. The van der Waals surface area contributed by atoms with E-state index in [9.17, 15) is 4.79 Å². The Hall–Kier alpha value is -2.40. The predicted molar refractivity (Wildman–Crippen MR) is 98.1 cm³/mol. The highest BCUT2D eigenvalue weighted by atomic mass is 16.2. The second-order valence-corrected chi connectivity index (χ2v) is 6.16. The van der Waals surface area contributed by atoms with Crippen LogP contribution in [0.5, 0.6) is 0 Å². The average Bonchev–Trinajstić information content (AvgIpc) is 2.59. The summed E-state index contributed by atoms with van der Waals surface area (Å²) in [7, 11) is 5.92. The van der Waals surface area contributed by atoms with Gasteiger partial charge in [0.2, 0.25) is 0 Å². The minimum Gasteiger partial charge on any atom is -0.385 e. The van der Waals surface area contributed by atoms with Crippen LogP contribution in [-0.2, 0) is 6.54 Å². The molecular formula is C19H26N4O. The van der Waals surface area contributed by atoms with Crippen molar-refractivity contribution in [2.24, 2.45) is 0 Å². The number of anilines is 1. The summed E-state index contributed by atoms with van der Waals surface area (Å²) in [6.07, 6.45) is 2.73. The number of hydrogen-bond acceptors (Lipinski definition) is 4. The highest BCUT2D eigenvalue weighted by Gasteiger charge is 2.13. The SMILES string of the molecule is CN(C)CCCNc1ccnc(C(=O)N(C)Cc2ccccc2)c1. The first-order valence-electron chi connectivity index (χ1n) is 8.20. The Balaban J connectivity index is 1.93. The van der Waals surface area contributed by atoms with Gasteiger partial charge in [-0.15, -0.1) is 0 Å². The molecule has 0 radical (unpaired) electrons. The Bertz CT molecular complexity index is 643. The number of carbonyl (C=O) groups is 1. The highest BCUT2D eigenvalue weighted by molar-refractivity contribution is 5.92. The van der Waals surface area contributed by atoms with E-state index in [0.29, 0.717) is 12.2 Å². The van der Waals surface area contributed by atoms with Gasteiger partial charge in [-0.05, 0) is 44.8 Å². The summed E-state index contributed by atoms with van der Waals surface area (Å²) in [6, 6.07) is 13.7. The molecular weight excluding hydrogens is 300 g/mol. The summed E-state index contributed by atoms with van der Waals surface area (Å²) in [4.78, 5) is 20.6. The van der Waals surface area contributed by atoms with Crippen LogP contribution in [0.1, 0.15) is 22.5 Å². The standard InChI is InChI=1S/C19H26N4O/c1-22(2)13-7-11-20-17-10-12-21-18(14-17)19(24)23(3)15-16-8-5-4-6-9-16/h4-6,8-10,12,14H,7,11,13,15H2,1-3H3,(H,20,21). The molecule has 1 aromatic carbocycles. The van der Waals surface area contributed by atoms with Crippen molar-refractivity contribution in [3.8, 4) is 0 Å². The first-order chi connectivity index (χ1) is 11.6. The lowest BCUT2D eigenvalue weighted by molar-refractivity contribution is 0.0779. The smallest absolute Gasteiger partial charge is 0.272 e. The van der Waals surface area contributed by atoms with Crippen LogP contribution in [0.4, 0.5) is 5.69 Å². The summed E-state index contributed by atoms with van der Waals surface area (Å²) >= 11 is 0. The largest absolute Gasteiger partial charge is 0.385 e. The van der Waals surface area contributed by atoms with Crippen LogP contribution in [0.2, 0.25) is 0 Å². The van der Waals surface area contributed by atoms with Crippen molar-refractivity contribution in [1.29, 1.82) is 0 Å². The number of hydrogen-bond donors (Lipinski definition) is 1. The van der Waals surface area contributed by atoms with Crippen LogP contribution >= 0.6 is 0 Å². The van der Waals surface area contributed by atoms with E-state index in [1.54, 1.807) is 18.1 Å². The molecule has 0 aliphatic carbocycles. The van der Waals surface area contributed by atoms with Gasteiger partial charge in [-0.3, -0.25) is 9.78 Å². The molecule has 5 heteroatoms. The predicted octanol–water partition coefficient (Wildman–Crippen LogP) is 2.72. The summed E-state index contributed by atoms with van der Waals surface area (Å²) < 4.78 is 0. The van der Waals surface area contributed by atoms with Gasteiger partial charge in [0.15, 0.2) is 0 Å². The van der Waals surface area contributed by atoms with Crippen LogP contribution < -0.4 is 5.32 Å². The topological polar surface area (TPSA) is 48.5 Å². The zero-order chi connectivity index (χ0) is 17.4. The maximum absolute atomic E-state index is 12.5. The van der Waals surface area contributed by atoms with Crippen LogP contribution in [0.3, 0.4) is 0 Å². The van der Waals surface area contributed by atoms with E-state index >= 15 is 0 Å². The van der Waals surface area contributed by atoms with Crippen molar-refractivity contribution in [3.05, 3.63) is 59.9 Å². The van der Waals surface area contributed by atoms with Crippen LogP contribution in [-0.4, -0.2) is 54.9 Å². The number of pyridine rings is 1. The van der Waals surface area contributed by atoms with Crippen LogP contribution in [0.25, 0.3) is 0 Å². The van der Waals surface area contributed by atoms with E-state index < -0.39 is 0 Å². The normalized spacial score (nSPS) is 10.7. The molecule has 2 aromatic rings. The molecule has 1 aromatic heterocycles. The number of benzene rings is 1. The number of amides is 1. The quantitative estimate of drug-likeness (QED) is 0.758. The molecule has 0 saturated heterocycles. The van der Waals surface area contributed by atoms with Gasteiger partial charge in [-0.1, -0.05) is 30.3 Å². The molecule has 128 valence electrons. The first-order valence-corrected chi connectivity index (χ1v) is 8.20. The molecule has 0 atom stereocenters. The maximum atomic E-state index is 12.5. The summed E-state index contributed by atoms with van der Waals surface area (Å²) in [5.41, 5.74) is 2.50. The summed E-state index contributed by atoms with van der Waals surface area (Å²) in [5.74, 6) is -0.0733. The molecule has 5 nitrogen and oxygen atoms in total. The second kappa shape index (κ2) is 9.03. The Kier molecular flexibility index (Phi) is 6.75. The van der Waals surface area contributed by atoms with Gasteiger partial charge in [0.1, 0.15) is 5.69 Å². The zero-order valence-corrected chi connectivity index (χ0v) is 14.7. The van der Waals surface area contributed by atoms with Crippen molar-refractivity contribution >= 4 is 11.6 Å². The van der Waals surface area contributed by atoms with Crippen molar-refractivity contribution < 1.29 is 4.79 Å². The van der Waals surface area contributed by atoms with E-state index in [1.807, 2.05) is 42.5 Å². The highest BCUT2D eigenvalue weighted by Crippen LogP contribution is 2.11. The number of rotatable bonds is 8. The fourth-order valence-electron chi connectivity index (χ4n) is 2.41. The van der Waals surface area contributed by atoms with Gasteiger partial charge in [0, 0.05) is 32.0 Å². The fraction of sp³-hybridized carbons (Fsp3) is 0.368.